The van der Waals surface area contributed by atoms with E-state index in [1.54, 1.807) is 0 Å². The van der Waals surface area contributed by atoms with Crippen molar-refractivity contribution < 1.29 is 9.84 Å². The van der Waals surface area contributed by atoms with Gasteiger partial charge in [-0.05, 0) is 31.7 Å². The van der Waals surface area contributed by atoms with Gasteiger partial charge in [0.15, 0.2) is 0 Å². The summed E-state index contributed by atoms with van der Waals surface area (Å²) in [6, 6.07) is 0. The van der Waals surface area contributed by atoms with Crippen LogP contribution in [0.3, 0.4) is 0 Å². The van der Waals surface area contributed by atoms with Crippen LogP contribution in [-0.2, 0) is 4.74 Å². The summed E-state index contributed by atoms with van der Waals surface area (Å²) >= 11 is 0. The number of hydrogen-bond donors (Lipinski definition) is 1. The van der Waals surface area contributed by atoms with Crippen LogP contribution in [0.15, 0.2) is 0 Å². The lowest BCUT2D eigenvalue weighted by molar-refractivity contribution is -0.107. The number of aliphatic hydroxyl groups excluding tert-OH is 1. The number of rotatable bonds is 4. The van der Waals surface area contributed by atoms with Crippen molar-refractivity contribution in [3.05, 3.63) is 0 Å². The molecule has 1 heterocycles. The summed E-state index contributed by atoms with van der Waals surface area (Å²) in [5, 5.41) is 10.6. The molecule has 0 bridgehead atoms. The summed E-state index contributed by atoms with van der Waals surface area (Å²) in [4.78, 5) is 2.44. The first-order valence-electron chi connectivity index (χ1n) is 7.83. The summed E-state index contributed by atoms with van der Waals surface area (Å²) < 4.78 is 5.82. The van der Waals surface area contributed by atoms with Crippen LogP contribution in [-0.4, -0.2) is 48.5 Å². The highest BCUT2D eigenvalue weighted by Crippen LogP contribution is 2.28. The van der Waals surface area contributed by atoms with E-state index >= 15 is 0 Å². The number of aliphatic hydroxyl groups is 1. The Hall–Kier alpha value is -0.120. The van der Waals surface area contributed by atoms with E-state index in [-0.39, 0.29) is 12.2 Å². The van der Waals surface area contributed by atoms with Crippen molar-refractivity contribution in [2.24, 2.45) is 5.92 Å². The van der Waals surface area contributed by atoms with Crippen LogP contribution >= 0.6 is 0 Å². The molecule has 2 unspecified atom stereocenters. The van der Waals surface area contributed by atoms with Crippen LogP contribution in [0.5, 0.6) is 0 Å². The van der Waals surface area contributed by atoms with Crippen molar-refractivity contribution in [1.29, 1.82) is 0 Å². The monoisotopic (exact) mass is 255 g/mol. The molecule has 0 aromatic rings. The predicted octanol–water partition coefficient (Wildman–Crippen LogP) is 2.43. The lowest BCUT2D eigenvalue weighted by Crippen LogP contribution is -2.49. The molecule has 18 heavy (non-hydrogen) atoms. The maximum absolute atomic E-state index is 10.6. The molecular formula is C15H29NO2. The number of ether oxygens (including phenoxy) is 1. The Labute approximate surface area is 112 Å². The number of hydrogen-bond acceptors (Lipinski definition) is 3. The van der Waals surface area contributed by atoms with E-state index in [1.165, 1.54) is 44.9 Å². The first-order chi connectivity index (χ1) is 8.81. The largest absolute Gasteiger partial charge is 0.390 e. The van der Waals surface area contributed by atoms with E-state index in [0.717, 1.165) is 26.2 Å². The highest BCUT2D eigenvalue weighted by Gasteiger charge is 2.32. The zero-order chi connectivity index (χ0) is 12.8. The summed E-state index contributed by atoms with van der Waals surface area (Å²) in [6.07, 6.45) is 8.62. The molecule has 3 heteroatoms. The molecule has 1 N–H and O–H groups in total. The fraction of sp³-hybridized carbons (Fsp3) is 1.00. The van der Waals surface area contributed by atoms with Crippen molar-refractivity contribution in [2.75, 3.05) is 26.2 Å². The minimum Gasteiger partial charge on any atom is -0.390 e. The van der Waals surface area contributed by atoms with Crippen molar-refractivity contribution >= 4 is 0 Å². The third-order valence-electron chi connectivity index (χ3n) is 4.48. The molecule has 2 atom stereocenters. The van der Waals surface area contributed by atoms with Crippen LogP contribution in [0.25, 0.3) is 0 Å². The minimum atomic E-state index is -0.247. The Morgan fingerprint density at radius 1 is 1.22 bits per heavy atom. The maximum atomic E-state index is 10.6. The quantitative estimate of drug-likeness (QED) is 0.783. The molecule has 2 aliphatic rings. The Balaban J connectivity index is 1.84. The summed E-state index contributed by atoms with van der Waals surface area (Å²) in [5.74, 6) is 0.471. The fourth-order valence-corrected chi connectivity index (χ4v) is 3.41. The molecule has 0 aromatic carbocycles. The van der Waals surface area contributed by atoms with Gasteiger partial charge in [0, 0.05) is 13.1 Å². The van der Waals surface area contributed by atoms with Gasteiger partial charge in [-0.15, -0.1) is 0 Å². The summed E-state index contributed by atoms with van der Waals surface area (Å²) in [7, 11) is 0. The molecule has 1 aliphatic carbocycles. The van der Waals surface area contributed by atoms with Crippen LogP contribution in [0.4, 0.5) is 0 Å². The number of morpholine rings is 1. The van der Waals surface area contributed by atoms with E-state index in [0.29, 0.717) is 5.92 Å². The molecule has 0 spiro atoms. The molecule has 2 rings (SSSR count). The summed E-state index contributed by atoms with van der Waals surface area (Å²) in [5.41, 5.74) is 0. The van der Waals surface area contributed by atoms with Gasteiger partial charge in [-0.3, -0.25) is 4.90 Å². The second-order valence-corrected chi connectivity index (χ2v) is 5.95. The van der Waals surface area contributed by atoms with Gasteiger partial charge < -0.3 is 9.84 Å². The number of nitrogens with zero attached hydrogens (tertiary/aromatic N) is 1. The first kappa shape index (κ1) is 14.3. The van der Waals surface area contributed by atoms with Gasteiger partial charge in [0.2, 0.25) is 0 Å². The molecule has 2 fully saturated rings. The zero-order valence-electron chi connectivity index (χ0n) is 11.8. The first-order valence-corrected chi connectivity index (χ1v) is 7.83. The van der Waals surface area contributed by atoms with E-state index in [4.69, 9.17) is 4.74 Å². The smallest absolute Gasteiger partial charge is 0.0963 e. The highest BCUT2D eigenvalue weighted by molar-refractivity contribution is 4.83. The molecule has 0 aromatic heterocycles. The second kappa shape index (κ2) is 7.46. The summed E-state index contributed by atoms with van der Waals surface area (Å²) in [6.45, 7) is 6.09. The van der Waals surface area contributed by atoms with Crippen LogP contribution in [0, 0.1) is 5.92 Å². The van der Waals surface area contributed by atoms with Gasteiger partial charge >= 0.3 is 0 Å². The van der Waals surface area contributed by atoms with Crippen molar-refractivity contribution in [3.8, 4) is 0 Å². The second-order valence-electron chi connectivity index (χ2n) is 5.95. The average Bonchev–Trinajstić information content (AvgIpc) is 2.67. The zero-order valence-corrected chi connectivity index (χ0v) is 11.8. The maximum Gasteiger partial charge on any atom is 0.0963 e. The molecule has 0 radical (unpaired) electrons. The van der Waals surface area contributed by atoms with Gasteiger partial charge in [0.1, 0.15) is 0 Å². The Morgan fingerprint density at radius 3 is 2.61 bits per heavy atom. The van der Waals surface area contributed by atoms with E-state index in [9.17, 15) is 5.11 Å². The standard InChI is InChI=1S/C15H29NO2/c1-2-9-16-10-11-18-14(12-16)15(17)13-7-5-3-4-6-8-13/h13-15,17H,2-12H2,1H3. The van der Waals surface area contributed by atoms with Gasteiger partial charge in [-0.1, -0.05) is 32.6 Å². The lowest BCUT2D eigenvalue weighted by atomic mass is 9.90. The fourth-order valence-electron chi connectivity index (χ4n) is 3.41. The van der Waals surface area contributed by atoms with Gasteiger partial charge in [-0.2, -0.15) is 0 Å². The topological polar surface area (TPSA) is 32.7 Å². The Morgan fingerprint density at radius 2 is 1.94 bits per heavy atom. The van der Waals surface area contributed by atoms with Crippen molar-refractivity contribution in [3.63, 3.8) is 0 Å². The molecular weight excluding hydrogens is 226 g/mol. The molecule has 3 nitrogen and oxygen atoms in total. The van der Waals surface area contributed by atoms with Crippen LogP contribution in [0.1, 0.15) is 51.9 Å². The average molecular weight is 255 g/mol. The predicted molar refractivity (Wildman–Crippen MR) is 73.7 cm³/mol. The Bertz CT molecular complexity index is 225. The van der Waals surface area contributed by atoms with Crippen LogP contribution in [0.2, 0.25) is 0 Å². The molecule has 1 saturated carbocycles. The molecule has 1 aliphatic heterocycles. The van der Waals surface area contributed by atoms with Crippen LogP contribution < -0.4 is 0 Å². The van der Waals surface area contributed by atoms with Gasteiger partial charge in [0.25, 0.3) is 0 Å². The van der Waals surface area contributed by atoms with Gasteiger partial charge in [-0.25, -0.2) is 0 Å². The molecule has 106 valence electrons. The minimum absolute atomic E-state index is 0.0494. The van der Waals surface area contributed by atoms with E-state index in [1.807, 2.05) is 0 Å². The molecule has 1 saturated heterocycles. The Kier molecular flexibility index (Phi) is 5.93. The highest BCUT2D eigenvalue weighted by atomic mass is 16.5. The van der Waals surface area contributed by atoms with Gasteiger partial charge in [0.05, 0.1) is 18.8 Å². The normalized spacial score (nSPS) is 30.0. The lowest BCUT2D eigenvalue weighted by Gasteiger charge is -2.37. The SMILES string of the molecule is CCCN1CCOC(C(O)C2CCCCCC2)C1. The van der Waals surface area contributed by atoms with E-state index in [2.05, 4.69) is 11.8 Å². The third kappa shape index (κ3) is 3.94. The van der Waals surface area contributed by atoms with Crippen molar-refractivity contribution in [1.82, 2.24) is 4.90 Å². The third-order valence-corrected chi connectivity index (χ3v) is 4.48. The van der Waals surface area contributed by atoms with Crippen molar-refractivity contribution in [2.45, 2.75) is 64.1 Å². The van der Waals surface area contributed by atoms with E-state index < -0.39 is 0 Å². The molecule has 0 amide bonds.